The summed E-state index contributed by atoms with van der Waals surface area (Å²) in [4.78, 5) is 46.7. The summed E-state index contributed by atoms with van der Waals surface area (Å²) >= 11 is 0. The Labute approximate surface area is 238 Å². The second-order valence-electron chi connectivity index (χ2n) is 11.8. The highest BCUT2D eigenvalue weighted by Gasteiger charge is 2.44. The van der Waals surface area contributed by atoms with Crippen LogP contribution < -0.4 is 5.73 Å². The number of aromatic nitrogens is 5. The summed E-state index contributed by atoms with van der Waals surface area (Å²) in [6.45, 7) is 4.28. The van der Waals surface area contributed by atoms with Gasteiger partial charge >= 0.3 is 0 Å². The van der Waals surface area contributed by atoms with Crippen molar-refractivity contribution in [1.82, 2.24) is 29.2 Å². The number of carbonyl (C=O) groups is 2. The molecule has 3 aliphatic rings. The lowest BCUT2D eigenvalue weighted by Gasteiger charge is -2.42. The van der Waals surface area contributed by atoms with E-state index in [0.29, 0.717) is 42.7 Å². The van der Waals surface area contributed by atoms with Crippen molar-refractivity contribution in [2.75, 3.05) is 32.0 Å². The molecule has 10 nitrogen and oxygen atoms in total. The summed E-state index contributed by atoms with van der Waals surface area (Å²) in [5.74, 6) is 2.02. The van der Waals surface area contributed by atoms with Crippen LogP contribution in [0.3, 0.4) is 0 Å². The Morgan fingerprint density at radius 3 is 2.71 bits per heavy atom. The minimum absolute atomic E-state index is 0.0245. The van der Waals surface area contributed by atoms with E-state index in [1.165, 1.54) is 5.56 Å². The van der Waals surface area contributed by atoms with Gasteiger partial charge in [-0.2, -0.15) is 0 Å². The maximum Gasteiger partial charge on any atom is 0.233 e. The lowest BCUT2D eigenvalue weighted by atomic mass is 9.85. The fourth-order valence-corrected chi connectivity index (χ4v) is 6.36. The number of nitrogens with zero attached hydrogens (tertiary/aromatic N) is 6. The van der Waals surface area contributed by atoms with Crippen LogP contribution in [0, 0.1) is 5.41 Å². The van der Waals surface area contributed by atoms with E-state index in [1.54, 1.807) is 6.20 Å². The summed E-state index contributed by atoms with van der Waals surface area (Å²) in [6, 6.07) is 7.46. The Morgan fingerprint density at radius 1 is 1.10 bits per heavy atom. The van der Waals surface area contributed by atoms with Gasteiger partial charge in [0.05, 0.1) is 25.0 Å². The molecule has 0 unspecified atom stereocenters. The third-order valence-electron chi connectivity index (χ3n) is 8.70. The topological polar surface area (TPSA) is 129 Å². The summed E-state index contributed by atoms with van der Waals surface area (Å²) < 4.78 is 7.35. The number of piperidine rings is 1. The van der Waals surface area contributed by atoms with Crippen molar-refractivity contribution < 1.29 is 14.3 Å². The second-order valence-corrected chi connectivity index (χ2v) is 11.8. The van der Waals surface area contributed by atoms with Gasteiger partial charge in [0.1, 0.15) is 28.7 Å². The highest BCUT2D eigenvalue weighted by atomic mass is 16.5. The first-order valence-electron chi connectivity index (χ1n) is 14.4. The molecule has 1 aliphatic carbocycles. The van der Waals surface area contributed by atoms with Gasteiger partial charge in [-0.1, -0.05) is 24.3 Å². The number of nitrogens with two attached hydrogens (primary N) is 1. The zero-order valence-electron chi connectivity index (χ0n) is 23.2. The van der Waals surface area contributed by atoms with Gasteiger partial charge < -0.3 is 15.4 Å². The van der Waals surface area contributed by atoms with Crippen LogP contribution in [0.1, 0.15) is 65.4 Å². The predicted octanol–water partition coefficient (Wildman–Crippen LogP) is 3.43. The molecule has 4 aromatic rings. The zero-order valence-corrected chi connectivity index (χ0v) is 23.2. The summed E-state index contributed by atoms with van der Waals surface area (Å²) in [6.07, 6.45) is 10.5. The van der Waals surface area contributed by atoms with Crippen LogP contribution in [0.15, 0.2) is 42.9 Å². The molecule has 1 amide bonds. The van der Waals surface area contributed by atoms with E-state index in [2.05, 4.69) is 15.0 Å². The average Bonchev–Trinajstić information content (AvgIpc) is 3.61. The van der Waals surface area contributed by atoms with E-state index >= 15 is 0 Å². The smallest absolute Gasteiger partial charge is 0.233 e. The molecule has 1 atom stereocenters. The molecule has 5 heterocycles. The first-order chi connectivity index (χ1) is 19.9. The summed E-state index contributed by atoms with van der Waals surface area (Å²) in [5, 5.41) is 0. The quantitative estimate of drug-likeness (QED) is 0.361. The van der Waals surface area contributed by atoms with Gasteiger partial charge in [0.2, 0.25) is 5.91 Å². The minimum Gasteiger partial charge on any atom is -0.382 e. The number of fused-ring (bicyclic) bond motifs is 2. The molecule has 10 heteroatoms. The normalized spacial score (nSPS) is 19.6. The van der Waals surface area contributed by atoms with Gasteiger partial charge in [-0.15, -0.1) is 0 Å². The number of ether oxygens (including phenoxy) is 1. The molecule has 41 heavy (non-hydrogen) atoms. The molecule has 0 saturated carbocycles. The third kappa shape index (κ3) is 4.56. The number of rotatable bonds is 6. The van der Waals surface area contributed by atoms with E-state index < -0.39 is 5.41 Å². The highest BCUT2D eigenvalue weighted by Crippen LogP contribution is 2.36. The Bertz CT molecular complexity index is 1660. The Balaban J connectivity index is 1.15. The second kappa shape index (κ2) is 10.0. The van der Waals surface area contributed by atoms with Crippen molar-refractivity contribution in [3.8, 4) is 11.3 Å². The van der Waals surface area contributed by atoms with Crippen LogP contribution >= 0.6 is 0 Å². The molecule has 2 aliphatic heterocycles. The van der Waals surface area contributed by atoms with E-state index in [4.69, 9.17) is 15.5 Å². The molecular weight excluding hydrogens is 518 g/mol. The number of imidazole rings is 1. The fraction of sp³-hybridized carbons (Fsp3) is 0.419. The van der Waals surface area contributed by atoms with Gasteiger partial charge in [0, 0.05) is 54.4 Å². The van der Waals surface area contributed by atoms with Crippen molar-refractivity contribution in [2.24, 2.45) is 5.41 Å². The maximum absolute atomic E-state index is 13.2. The van der Waals surface area contributed by atoms with Crippen molar-refractivity contribution in [3.05, 3.63) is 71.3 Å². The molecular formula is C31H33N7O3. The van der Waals surface area contributed by atoms with Gasteiger partial charge in [-0.3, -0.25) is 14.0 Å². The lowest BCUT2D eigenvalue weighted by Crippen LogP contribution is -2.55. The van der Waals surface area contributed by atoms with Crippen molar-refractivity contribution in [2.45, 2.75) is 51.4 Å². The number of anilines is 1. The van der Waals surface area contributed by atoms with E-state index in [1.807, 2.05) is 52.9 Å². The standard InChI is InChI=1S/C31H33N7O3/c1-31(17-41-18-31)30(40)37-12-3-5-22(16-37)29-36-26(27-28(32)33-11-13-38(27)29)20-9-7-19(8-10-20)24(39)14-25-34-15-21-4-2-6-23(21)35-25/h7-11,13,15,22H,2-6,12,14,16-18H2,1H3,(H2,32,33)/t22-/m1/s1. The van der Waals surface area contributed by atoms with Crippen LogP contribution in [0.2, 0.25) is 0 Å². The number of hydrogen-bond donors (Lipinski definition) is 1. The van der Waals surface area contributed by atoms with E-state index in [0.717, 1.165) is 61.2 Å². The van der Waals surface area contributed by atoms with Gasteiger partial charge in [0.15, 0.2) is 5.78 Å². The molecule has 3 aromatic heterocycles. The van der Waals surface area contributed by atoms with E-state index in [-0.39, 0.29) is 24.0 Å². The van der Waals surface area contributed by atoms with Gasteiger partial charge in [0.25, 0.3) is 0 Å². The Morgan fingerprint density at radius 2 is 1.93 bits per heavy atom. The van der Waals surface area contributed by atoms with Crippen LogP contribution in [-0.4, -0.2) is 67.2 Å². The molecule has 2 N–H and O–H groups in total. The largest absolute Gasteiger partial charge is 0.382 e. The predicted molar refractivity (Wildman–Crippen MR) is 152 cm³/mol. The number of nitrogen functional groups attached to an aromatic ring is 1. The molecule has 1 aromatic carbocycles. The zero-order chi connectivity index (χ0) is 28.1. The van der Waals surface area contributed by atoms with E-state index in [9.17, 15) is 9.59 Å². The number of aryl methyl sites for hydroxylation is 2. The van der Waals surface area contributed by atoms with Crippen LogP contribution in [0.5, 0.6) is 0 Å². The number of benzene rings is 1. The summed E-state index contributed by atoms with van der Waals surface area (Å²) in [7, 11) is 0. The molecule has 7 rings (SSSR count). The van der Waals surface area contributed by atoms with Crippen LogP contribution in [0.4, 0.5) is 5.82 Å². The number of Topliss-reactive ketones (excluding diaryl/α,β-unsaturated/α-hetero) is 1. The minimum atomic E-state index is -0.429. The molecule has 210 valence electrons. The Hall–Kier alpha value is -4.18. The first kappa shape index (κ1) is 25.8. The first-order valence-corrected chi connectivity index (χ1v) is 14.4. The fourth-order valence-electron chi connectivity index (χ4n) is 6.36. The van der Waals surface area contributed by atoms with Crippen molar-refractivity contribution >= 4 is 23.0 Å². The number of ketones is 1. The highest BCUT2D eigenvalue weighted by molar-refractivity contribution is 5.98. The van der Waals surface area contributed by atoms with Gasteiger partial charge in [-0.05, 0) is 44.6 Å². The number of likely N-dealkylation sites (tertiary alicyclic amines) is 1. The lowest BCUT2D eigenvalue weighted by molar-refractivity contribution is -0.169. The number of hydrogen-bond acceptors (Lipinski definition) is 8. The van der Waals surface area contributed by atoms with Gasteiger partial charge in [-0.25, -0.2) is 19.9 Å². The van der Waals surface area contributed by atoms with Crippen molar-refractivity contribution in [1.29, 1.82) is 0 Å². The molecule has 0 radical (unpaired) electrons. The molecule has 2 fully saturated rings. The number of carbonyl (C=O) groups excluding carboxylic acids is 2. The average molecular weight is 552 g/mol. The molecule has 0 spiro atoms. The van der Waals surface area contributed by atoms with Crippen LogP contribution in [0.25, 0.3) is 16.8 Å². The monoisotopic (exact) mass is 551 g/mol. The maximum atomic E-state index is 13.2. The van der Waals surface area contributed by atoms with Crippen LogP contribution in [-0.2, 0) is 28.8 Å². The Kier molecular flexibility index (Phi) is 6.30. The summed E-state index contributed by atoms with van der Waals surface area (Å²) in [5.41, 5.74) is 11.1. The molecule has 0 bridgehead atoms. The molecule has 2 saturated heterocycles. The number of amides is 1. The van der Waals surface area contributed by atoms with Crippen molar-refractivity contribution in [3.63, 3.8) is 0 Å². The SMILES string of the molecule is CC1(C(=O)N2CCC[C@@H](c3nc(-c4ccc(C(=O)Cc5ncc6c(n5)CCC6)cc4)c4c(N)nccn34)C2)COC1. The third-order valence-corrected chi connectivity index (χ3v) is 8.70.